The Labute approximate surface area is 175 Å². The summed E-state index contributed by atoms with van der Waals surface area (Å²) in [6, 6.07) is 0. The van der Waals surface area contributed by atoms with Gasteiger partial charge in [0.2, 0.25) is 0 Å². The van der Waals surface area contributed by atoms with Gasteiger partial charge in [0.25, 0.3) is 0 Å². The lowest BCUT2D eigenvalue weighted by atomic mass is 9.51. The minimum absolute atomic E-state index is 0.130. The third kappa shape index (κ3) is 2.50. The number of ketones is 2. The average molecular weight is 423 g/mol. The van der Waals surface area contributed by atoms with Crippen LogP contribution in [0.1, 0.15) is 52.9 Å². The number of carbonyl (C=O) groups is 2. The van der Waals surface area contributed by atoms with E-state index in [4.69, 9.17) is 21.1 Å². The van der Waals surface area contributed by atoms with Crippen molar-refractivity contribution in [1.82, 2.24) is 0 Å². The van der Waals surface area contributed by atoms with Gasteiger partial charge in [-0.15, -0.1) is 0 Å². The molecule has 0 bridgehead atoms. The van der Waals surface area contributed by atoms with E-state index >= 15 is 0 Å². The van der Waals surface area contributed by atoms with Crippen molar-refractivity contribution in [3.05, 3.63) is 22.8 Å². The highest BCUT2D eigenvalue weighted by Gasteiger charge is 2.75. The van der Waals surface area contributed by atoms with Crippen molar-refractivity contribution in [2.75, 3.05) is 6.67 Å². The molecule has 2 saturated carbocycles. The molecule has 0 aromatic rings. The summed E-state index contributed by atoms with van der Waals surface area (Å²) < 4.78 is 26.2. The number of hydrogen-bond donors (Lipinski definition) is 0. The lowest BCUT2D eigenvalue weighted by Gasteiger charge is -2.54. The van der Waals surface area contributed by atoms with Crippen molar-refractivity contribution in [3.63, 3.8) is 0 Å². The molecule has 5 rings (SSSR count). The van der Waals surface area contributed by atoms with Crippen LogP contribution in [0.5, 0.6) is 0 Å². The third-order valence-corrected chi connectivity index (χ3v) is 8.81. The second kappa shape index (κ2) is 6.24. The van der Waals surface area contributed by atoms with Crippen LogP contribution in [0.25, 0.3) is 0 Å². The average Bonchev–Trinajstić information content (AvgIpc) is 3.08. The maximum absolute atomic E-state index is 13.7. The van der Waals surface area contributed by atoms with E-state index in [1.54, 1.807) is 19.9 Å². The van der Waals surface area contributed by atoms with Gasteiger partial charge in [0.05, 0.1) is 6.10 Å². The van der Waals surface area contributed by atoms with Gasteiger partial charge in [-0.1, -0.05) is 24.6 Å². The zero-order valence-electron chi connectivity index (χ0n) is 17.2. The standard InChI is InChI=1S/C23H28ClFO4/c1-21(2)28-20-10-17-15-9-18(24)16-8-12(26)4-5-13(16)14(15)6-7-22(17,3)23(20,29-21)19(27)11-25/h8-9,13-15,17,20H,4-7,10-11H2,1-3H3/t13-,14-,15-,17+,20-,22+,23-/m1/s1. The van der Waals surface area contributed by atoms with Crippen LogP contribution in [-0.4, -0.2) is 35.7 Å². The number of rotatable bonds is 2. The zero-order chi connectivity index (χ0) is 20.8. The van der Waals surface area contributed by atoms with Crippen molar-refractivity contribution >= 4 is 23.2 Å². The highest BCUT2D eigenvalue weighted by Crippen LogP contribution is 2.68. The minimum atomic E-state index is -1.24. The zero-order valence-corrected chi connectivity index (χ0v) is 17.9. The lowest BCUT2D eigenvalue weighted by molar-refractivity contribution is -0.211. The normalized spacial score (nSPS) is 47.5. The summed E-state index contributed by atoms with van der Waals surface area (Å²) in [6.07, 6.45) is 7.13. The van der Waals surface area contributed by atoms with E-state index < -0.39 is 35.4 Å². The molecular weight excluding hydrogens is 395 g/mol. The predicted octanol–water partition coefficient (Wildman–Crippen LogP) is 4.51. The van der Waals surface area contributed by atoms with Crippen molar-refractivity contribution < 1.29 is 23.5 Å². The molecule has 5 aliphatic rings. The molecule has 6 heteroatoms. The van der Waals surface area contributed by atoms with Crippen LogP contribution in [0, 0.1) is 29.1 Å². The van der Waals surface area contributed by atoms with Crippen molar-refractivity contribution in [3.8, 4) is 0 Å². The molecular formula is C23H28ClFO4. The summed E-state index contributed by atoms with van der Waals surface area (Å²) in [5, 5.41) is 0.665. The first kappa shape index (κ1) is 19.9. The van der Waals surface area contributed by atoms with Gasteiger partial charge in [0.1, 0.15) is 0 Å². The molecule has 0 unspecified atom stereocenters. The molecule has 1 saturated heterocycles. The quantitative estimate of drug-likeness (QED) is 0.657. The van der Waals surface area contributed by atoms with E-state index in [1.807, 2.05) is 0 Å². The summed E-state index contributed by atoms with van der Waals surface area (Å²) in [5.74, 6) is -0.266. The van der Waals surface area contributed by atoms with Crippen LogP contribution in [0.15, 0.2) is 22.8 Å². The Morgan fingerprint density at radius 2 is 2.07 bits per heavy atom. The Bertz CT molecular complexity index is 848. The minimum Gasteiger partial charge on any atom is -0.344 e. The highest BCUT2D eigenvalue weighted by atomic mass is 35.5. The Morgan fingerprint density at radius 1 is 1.31 bits per heavy atom. The number of fused-ring (bicyclic) bond motifs is 7. The Balaban J connectivity index is 1.58. The number of hydrogen-bond acceptors (Lipinski definition) is 4. The van der Waals surface area contributed by atoms with Crippen molar-refractivity contribution in [2.24, 2.45) is 29.1 Å². The monoisotopic (exact) mass is 422 g/mol. The van der Waals surface area contributed by atoms with Crippen molar-refractivity contribution in [1.29, 1.82) is 0 Å². The number of carbonyl (C=O) groups excluding carboxylic acids is 2. The van der Waals surface area contributed by atoms with Crippen LogP contribution in [0.3, 0.4) is 0 Å². The number of ether oxygens (including phenoxy) is 2. The van der Waals surface area contributed by atoms with Gasteiger partial charge in [0, 0.05) is 16.9 Å². The maximum atomic E-state index is 13.7. The van der Waals surface area contributed by atoms with Gasteiger partial charge in [0.15, 0.2) is 29.6 Å². The molecule has 1 heterocycles. The Morgan fingerprint density at radius 3 is 2.79 bits per heavy atom. The molecule has 4 aliphatic carbocycles. The van der Waals surface area contributed by atoms with Gasteiger partial charge < -0.3 is 9.47 Å². The molecule has 0 radical (unpaired) electrons. The van der Waals surface area contributed by atoms with E-state index in [0.29, 0.717) is 23.8 Å². The summed E-state index contributed by atoms with van der Waals surface area (Å²) in [5.41, 5.74) is -0.760. The molecule has 0 spiro atoms. The molecule has 0 N–H and O–H groups in total. The van der Waals surface area contributed by atoms with Gasteiger partial charge in [-0.05, 0) is 74.9 Å². The van der Waals surface area contributed by atoms with Gasteiger partial charge in [-0.25, -0.2) is 4.39 Å². The van der Waals surface area contributed by atoms with E-state index in [0.717, 1.165) is 24.8 Å². The fourth-order valence-electron chi connectivity index (χ4n) is 7.40. The largest absolute Gasteiger partial charge is 0.344 e. The Kier molecular flexibility index (Phi) is 4.28. The van der Waals surface area contributed by atoms with E-state index in [-0.39, 0.29) is 23.5 Å². The number of alkyl halides is 1. The fourth-order valence-corrected chi connectivity index (χ4v) is 7.74. The fraction of sp³-hybridized carbons (Fsp3) is 0.739. The molecule has 1 aliphatic heterocycles. The SMILES string of the molecule is CC1(C)O[C@@H]2C[C@H]3[C@@H]4C=C(Cl)C5=CC(=O)CC[C@@H]5[C@H]4CC[C@]3(C)[C@]2(C(=O)CF)O1. The van der Waals surface area contributed by atoms with Crippen LogP contribution < -0.4 is 0 Å². The smallest absolute Gasteiger partial charge is 0.198 e. The molecule has 3 fully saturated rings. The molecule has 4 nitrogen and oxygen atoms in total. The maximum Gasteiger partial charge on any atom is 0.198 e. The Hall–Kier alpha value is -1.04. The number of halogens is 2. The molecule has 7 atom stereocenters. The first-order valence-corrected chi connectivity index (χ1v) is 11.1. The number of Topliss-reactive ketones (excluding diaryl/α,β-unsaturated/α-hetero) is 1. The first-order chi connectivity index (χ1) is 13.6. The van der Waals surface area contributed by atoms with Crippen LogP contribution in [0.2, 0.25) is 0 Å². The van der Waals surface area contributed by atoms with Gasteiger partial charge >= 0.3 is 0 Å². The van der Waals surface area contributed by atoms with Crippen LogP contribution in [-0.2, 0) is 19.1 Å². The highest BCUT2D eigenvalue weighted by molar-refractivity contribution is 6.32. The molecule has 0 aromatic carbocycles. The second-order valence-electron chi connectivity index (χ2n) is 10.2. The molecule has 158 valence electrons. The van der Waals surface area contributed by atoms with Crippen LogP contribution >= 0.6 is 11.6 Å². The summed E-state index contributed by atoms with van der Waals surface area (Å²) in [4.78, 5) is 24.9. The summed E-state index contributed by atoms with van der Waals surface area (Å²) in [6.45, 7) is 4.65. The first-order valence-electron chi connectivity index (χ1n) is 10.7. The van der Waals surface area contributed by atoms with Gasteiger partial charge in [-0.2, -0.15) is 0 Å². The van der Waals surface area contributed by atoms with Gasteiger partial charge in [-0.3, -0.25) is 9.59 Å². The van der Waals surface area contributed by atoms with E-state index in [9.17, 15) is 14.0 Å². The molecule has 29 heavy (non-hydrogen) atoms. The lowest BCUT2D eigenvalue weighted by Crippen LogP contribution is -2.60. The third-order valence-electron chi connectivity index (χ3n) is 8.46. The summed E-state index contributed by atoms with van der Waals surface area (Å²) >= 11 is 6.65. The van der Waals surface area contributed by atoms with E-state index in [1.165, 1.54) is 0 Å². The van der Waals surface area contributed by atoms with E-state index in [2.05, 4.69) is 13.0 Å². The van der Waals surface area contributed by atoms with Crippen LogP contribution in [0.4, 0.5) is 4.39 Å². The number of allylic oxidation sites excluding steroid dienone is 4. The topological polar surface area (TPSA) is 52.6 Å². The predicted molar refractivity (Wildman–Crippen MR) is 106 cm³/mol. The second-order valence-corrected chi connectivity index (χ2v) is 10.6. The van der Waals surface area contributed by atoms with Crippen molar-refractivity contribution in [2.45, 2.75) is 70.4 Å². The summed E-state index contributed by atoms with van der Waals surface area (Å²) in [7, 11) is 0. The molecule has 0 aromatic heterocycles. The molecule has 0 amide bonds.